The highest BCUT2D eigenvalue weighted by Crippen LogP contribution is 2.21. The van der Waals surface area contributed by atoms with Gasteiger partial charge in [-0.2, -0.15) is 0 Å². The molecule has 0 aliphatic rings. The van der Waals surface area contributed by atoms with E-state index in [4.69, 9.17) is 10.5 Å². The van der Waals surface area contributed by atoms with Crippen LogP contribution in [0.1, 0.15) is 11.1 Å². The smallest absolute Gasteiger partial charge is 0.119 e. The molecule has 2 nitrogen and oxygen atoms in total. The Hall–Kier alpha value is -1.44. The van der Waals surface area contributed by atoms with Gasteiger partial charge in [0.05, 0.1) is 7.11 Å². The average molecular weight is 163 g/mol. The lowest BCUT2D eigenvalue weighted by atomic mass is 10.1. The van der Waals surface area contributed by atoms with E-state index in [1.807, 2.05) is 25.1 Å². The van der Waals surface area contributed by atoms with Crippen LogP contribution >= 0.6 is 0 Å². The molecular weight excluding hydrogens is 150 g/mol. The van der Waals surface area contributed by atoms with Crippen molar-refractivity contribution < 1.29 is 4.74 Å². The van der Waals surface area contributed by atoms with E-state index in [0.717, 1.165) is 16.8 Å². The fourth-order valence-corrected chi connectivity index (χ4v) is 1.07. The highest BCUT2D eigenvalue weighted by Gasteiger charge is 2.03. The third kappa shape index (κ3) is 1.42. The summed E-state index contributed by atoms with van der Waals surface area (Å²) in [5.41, 5.74) is 8.47. The predicted molar refractivity (Wildman–Crippen MR) is 51.6 cm³/mol. The van der Waals surface area contributed by atoms with Gasteiger partial charge in [-0.1, -0.05) is 18.7 Å². The zero-order valence-electron chi connectivity index (χ0n) is 7.42. The van der Waals surface area contributed by atoms with Crippen molar-refractivity contribution in [1.29, 1.82) is 0 Å². The molecule has 64 valence electrons. The third-order valence-electron chi connectivity index (χ3n) is 1.92. The first-order valence-electron chi connectivity index (χ1n) is 3.75. The first-order chi connectivity index (χ1) is 5.66. The number of hydrogen-bond acceptors (Lipinski definition) is 2. The highest BCUT2D eigenvalue weighted by molar-refractivity contribution is 5.66. The van der Waals surface area contributed by atoms with Gasteiger partial charge in [-0.15, -0.1) is 0 Å². The molecule has 1 aromatic carbocycles. The average Bonchev–Trinajstić information content (AvgIpc) is 2.08. The Bertz CT molecular complexity index is 305. The van der Waals surface area contributed by atoms with E-state index >= 15 is 0 Å². The van der Waals surface area contributed by atoms with Crippen molar-refractivity contribution in [1.82, 2.24) is 0 Å². The molecule has 0 atom stereocenters. The SMILES string of the molecule is C=C(OC)c1cccc(N)c1C. The number of methoxy groups -OCH3 is 1. The molecule has 0 aliphatic carbocycles. The molecule has 0 saturated carbocycles. The van der Waals surface area contributed by atoms with Gasteiger partial charge in [0.15, 0.2) is 0 Å². The zero-order chi connectivity index (χ0) is 9.14. The Morgan fingerprint density at radius 2 is 2.17 bits per heavy atom. The van der Waals surface area contributed by atoms with Crippen LogP contribution in [0.2, 0.25) is 0 Å². The minimum Gasteiger partial charge on any atom is -0.497 e. The van der Waals surface area contributed by atoms with Gasteiger partial charge in [0.25, 0.3) is 0 Å². The van der Waals surface area contributed by atoms with Gasteiger partial charge in [-0.25, -0.2) is 0 Å². The molecule has 2 heteroatoms. The van der Waals surface area contributed by atoms with Crippen LogP contribution in [-0.4, -0.2) is 7.11 Å². The zero-order valence-corrected chi connectivity index (χ0v) is 7.42. The highest BCUT2D eigenvalue weighted by atomic mass is 16.5. The van der Waals surface area contributed by atoms with Crippen LogP contribution in [0.25, 0.3) is 5.76 Å². The molecule has 0 aromatic heterocycles. The standard InChI is InChI=1S/C10H13NO/c1-7-9(8(2)12-3)5-4-6-10(7)11/h4-6H,2,11H2,1,3H3. The lowest BCUT2D eigenvalue weighted by Gasteiger charge is -2.09. The number of hydrogen-bond donors (Lipinski definition) is 1. The number of rotatable bonds is 2. The van der Waals surface area contributed by atoms with E-state index < -0.39 is 0 Å². The summed E-state index contributed by atoms with van der Waals surface area (Å²) >= 11 is 0. The van der Waals surface area contributed by atoms with Gasteiger partial charge in [0, 0.05) is 11.3 Å². The molecule has 2 N–H and O–H groups in total. The molecule has 0 fully saturated rings. The van der Waals surface area contributed by atoms with Crippen molar-refractivity contribution in [2.75, 3.05) is 12.8 Å². The number of ether oxygens (including phenoxy) is 1. The maximum atomic E-state index is 5.72. The number of nitrogens with two attached hydrogens (primary N) is 1. The van der Waals surface area contributed by atoms with Crippen LogP contribution in [0.3, 0.4) is 0 Å². The molecule has 1 rings (SSSR count). The Kier molecular flexibility index (Phi) is 2.38. The normalized spacial score (nSPS) is 9.50. The summed E-state index contributed by atoms with van der Waals surface area (Å²) in [6.07, 6.45) is 0. The number of anilines is 1. The van der Waals surface area contributed by atoms with Crippen LogP contribution in [-0.2, 0) is 4.74 Å². The minimum absolute atomic E-state index is 0.653. The van der Waals surface area contributed by atoms with Crippen LogP contribution in [0, 0.1) is 6.92 Å². The van der Waals surface area contributed by atoms with Gasteiger partial charge in [-0.3, -0.25) is 0 Å². The summed E-state index contributed by atoms with van der Waals surface area (Å²) < 4.78 is 5.02. The van der Waals surface area contributed by atoms with Crippen LogP contribution in [0.15, 0.2) is 24.8 Å². The van der Waals surface area contributed by atoms with Gasteiger partial charge in [-0.05, 0) is 18.6 Å². The second-order valence-corrected chi connectivity index (χ2v) is 2.65. The maximum absolute atomic E-state index is 5.72. The molecule has 0 aliphatic heterocycles. The molecule has 0 spiro atoms. The lowest BCUT2D eigenvalue weighted by Crippen LogP contribution is -1.95. The van der Waals surface area contributed by atoms with E-state index in [0.29, 0.717) is 5.76 Å². The first kappa shape index (κ1) is 8.65. The summed E-state index contributed by atoms with van der Waals surface area (Å²) in [6.45, 7) is 5.72. The molecule has 0 radical (unpaired) electrons. The van der Waals surface area contributed by atoms with Crippen molar-refractivity contribution in [2.24, 2.45) is 0 Å². The van der Waals surface area contributed by atoms with Crippen LogP contribution < -0.4 is 5.73 Å². The van der Waals surface area contributed by atoms with Gasteiger partial charge >= 0.3 is 0 Å². The van der Waals surface area contributed by atoms with E-state index in [9.17, 15) is 0 Å². The van der Waals surface area contributed by atoms with Crippen molar-refractivity contribution in [3.8, 4) is 0 Å². The summed E-state index contributed by atoms with van der Waals surface area (Å²) in [4.78, 5) is 0. The molecular formula is C10H13NO. The predicted octanol–water partition coefficient (Wildman–Crippen LogP) is 2.19. The summed E-state index contributed by atoms with van der Waals surface area (Å²) in [6, 6.07) is 5.70. The van der Waals surface area contributed by atoms with Crippen LogP contribution in [0.5, 0.6) is 0 Å². The largest absolute Gasteiger partial charge is 0.497 e. The minimum atomic E-state index is 0.653. The second-order valence-electron chi connectivity index (χ2n) is 2.65. The van der Waals surface area contributed by atoms with Crippen LogP contribution in [0.4, 0.5) is 5.69 Å². The summed E-state index contributed by atoms with van der Waals surface area (Å²) in [5.74, 6) is 0.653. The fourth-order valence-electron chi connectivity index (χ4n) is 1.07. The quantitative estimate of drug-likeness (QED) is 0.535. The van der Waals surface area contributed by atoms with Crippen molar-refractivity contribution in [3.63, 3.8) is 0 Å². The first-order valence-corrected chi connectivity index (χ1v) is 3.75. The van der Waals surface area contributed by atoms with Crippen molar-refractivity contribution in [3.05, 3.63) is 35.9 Å². The molecule has 1 aromatic rings. The fraction of sp³-hybridized carbons (Fsp3) is 0.200. The van der Waals surface area contributed by atoms with Crippen molar-refractivity contribution >= 4 is 11.4 Å². The monoisotopic (exact) mass is 163 g/mol. The van der Waals surface area contributed by atoms with Crippen molar-refractivity contribution in [2.45, 2.75) is 6.92 Å². The van der Waals surface area contributed by atoms with Gasteiger partial charge in [0.2, 0.25) is 0 Å². The second kappa shape index (κ2) is 3.30. The third-order valence-corrected chi connectivity index (χ3v) is 1.92. The lowest BCUT2D eigenvalue weighted by molar-refractivity contribution is 0.371. The van der Waals surface area contributed by atoms with E-state index in [1.54, 1.807) is 7.11 Å². The van der Waals surface area contributed by atoms with Gasteiger partial charge < -0.3 is 10.5 Å². The van der Waals surface area contributed by atoms with E-state index in [2.05, 4.69) is 6.58 Å². The Morgan fingerprint density at radius 1 is 1.50 bits per heavy atom. The van der Waals surface area contributed by atoms with E-state index in [-0.39, 0.29) is 0 Å². The number of nitrogen functional groups attached to an aromatic ring is 1. The Morgan fingerprint density at radius 3 is 2.75 bits per heavy atom. The molecule has 0 saturated heterocycles. The summed E-state index contributed by atoms with van der Waals surface area (Å²) in [7, 11) is 1.60. The summed E-state index contributed by atoms with van der Waals surface area (Å²) in [5, 5.41) is 0. The molecule has 0 unspecified atom stereocenters. The molecule has 0 bridgehead atoms. The molecule has 0 amide bonds. The maximum Gasteiger partial charge on any atom is 0.119 e. The number of benzene rings is 1. The Labute approximate surface area is 72.7 Å². The van der Waals surface area contributed by atoms with Gasteiger partial charge in [0.1, 0.15) is 5.76 Å². The Balaban J connectivity index is 3.16. The molecule has 12 heavy (non-hydrogen) atoms. The topological polar surface area (TPSA) is 35.2 Å². The molecule has 0 heterocycles. The van der Waals surface area contributed by atoms with E-state index in [1.165, 1.54) is 0 Å².